The third-order valence-electron chi connectivity index (χ3n) is 3.11. The van der Waals surface area contributed by atoms with Gasteiger partial charge in [-0.05, 0) is 47.5 Å². The van der Waals surface area contributed by atoms with Crippen molar-refractivity contribution >= 4 is 21.8 Å². The SMILES string of the molecule is CCC(C)N(CCOC)C(=O)c1ccc(Br)c(O)c1. The molecule has 0 bridgehead atoms. The summed E-state index contributed by atoms with van der Waals surface area (Å²) in [5, 5.41) is 9.66. The molecule has 1 rings (SSSR count). The lowest BCUT2D eigenvalue weighted by Crippen LogP contribution is -2.40. The molecule has 0 saturated heterocycles. The van der Waals surface area contributed by atoms with E-state index in [1.54, 1.807) is 24.1 Å². The number of ether oxygens (including phenoxy) is 1. The van der Waals surface area contributed by atoms with Crippen LogP contribution in [0.3, 0.4) is 0 Å². The van der Waals surface area contributed by atoms with Gasteiger partial charge in [-0.1, -0.05) is 6.92 Å². The first kappa shape index (κ1) is 16.0. The molecule has 0 aliphatic heterocycles. The van der Waals surface area contributed by atoms with Gasteiger partial charge in [0.05, 0.1) is 11.1 Å². The Balaban J connectivity index is 2.94. The molecule has 0 fully saturated rings. The molecular weight excluding hydrogens is 310 g/mol. The zero-order chi connectivity index (χ0) is 14.4. The molecule has 4 nitrogen and oxygen atoms in total. The van der Waals surface area contributed by atoms with Crippen LogP contribution < -0.4 is 0 Å². The lowest BCUT2D eigenvalue weighted by molar-refractivity contribution is 0.0613. The predicted molar refractivity (Wildman–Crippen MR) is 78.5 cm³/mol. The normalized spacial score (nSPS) is 12.2. The van der Waals surface area contributed by atoms with Crippen LogP contribution >= 0.6 is 15.9 Å². The zero-order valence-electron chi connectivity index (χ0n) is 11.5. The molecular formula is C14H20BrNO3. The Morgan fingerprint density at radius 1 is 1.53 bits per heavy atom. The van der Waals surface area contributed by atoms with Crippen molar-refractivity contribution in [2.75, 3.05) is 20.3 Å². The van der Waals surface area contributed by atoms with E-state index in [2.05, 4.69) is 15.9 Å². The summed E-state index contributed by atoms with van der Waals surface area (Å²) in [4.78, 5) is 14.2. The number of aromatic hydroxyl groups is 1. The van der Waals surface area contributed by atoms with Gasteiger partial charge in [0.15, 0.2) is 0 Å². The Hall–Kier alpha value is -1.07. The number of halogens is 1. The second kappa shape index (κ2) is 7.50. The number of carbonyl (C=O) groups excluding carboxylic acids is 1. The summed E-state index contributed by atoms with van der Waals surface area (Å²) in [6.45, 7) is 5.09. The molecule has 0 spiro atoms. The minimum absolute atomic E-state index is 0.0710. The van der Waals surface area contributed by atoms with Crippen LogP contribution in [0.5, 0.6) is 5.75 Å². The van der Waals surface area contributed by atoms with Crippen LogP contribution in [-0.2, 0) is 4.74 Å². The van der Waals surface area contributed by atoms with Crippen molar-refractivity contribution in [3.63, 3.8) is 0 Å². The molecule has 0 radical (unpaired) electrons. The summed E-state index contributed by atoms with van der Waals surface area (Å²) < 4.78 is 5.62. The van der Waals surface area contributed by atoms with Crippen LogP contribution in [0.25, 0.3) is 0 Å². The number of benzene rings is 1. The molecule has 0 aromatic heterocycles. The molecule has 1 unspecified atom stereocenters. The highest BCUT2D eigenvalue weighted by Gasteiger charge is 2.20. The lowest BCUT2D eigenvalue weighted by atomic mass is 10.1. The number of amides is 1. The molecule has 1 amide bonds. The van der Waals surface area contributed by atoms with Gasteiger partial charge in [0.2, 0.25) is 0 Å². The summed E-state index contributed by atoms with van der Waals surface area (Å²) in [6.07, 6.45) is 0.873. The first-order valence-electron chi connectivity index (χ1n) is 6.29. The average molecular weight is 330 g/mol. The van der Waals surface area contributed by atoms with Gasteiger partial charge in [0.25, 0.3) is 5.91 Å². The second-order valence-electron chi connectivity index (χ2n) is 4.41. The van der Waals surface area contributed by atoms with Crippen molar-refractivity contribution < 1.29 is 14.6 Å². The van der Waals surface area contributed by atoms with Gasteiger partial charge in [0.1, 0.15) is 5.75 Å². The maximum Gasteiger partial charge on any atom is 0.254 e. The van der Waals surface area contributed by atoms with Gasteiger partial charge in [-0.2, -0.15) is 0 Å². The number of carbonyl (C=O) groups is 1. The molecule has 106 valence electrons. The van der Waals surface area contributed by atoms with E-state index in [4.69, 9.17) is 4.74 Å². The van der Waals surface area contributed by atoms with Crippen LogP contribution in [-0.4, -0.2) is 42.2 Å². The summed E-state index contributed by atoms with van der Waals surface area (Å²) in [7, 11) is 1.62. The summed E-state index contributed by atoms with van der Waals surface area (Å²) >= 11 is 3.21. The number of phenolic OH excluding ortho intramolecular Hbond substituents is 1. The molecule has 0 heterocycles. The first-order valence-corrected chi connectivity index (χ1v) is 7.09. The number of methoxy groups -OCH3 is 1. The van der Waals surface area contributed by atoms with E-state index < -0.39 is 0 Å². The van der Waals surface area contributed by atoms with Gasteiger partial charge in [-0.25, -0.2) is 0 Å². The largest absolute Gasteiger partial charge is 0.507 e. The second-order valence-corrected chi connectivity index (χ2v) is 5.27. The molecule has 0 aliphatic rings. The smallest absolute Gasteiger partial charge is 0.254 e. The average Bonchev–Trinajstić information content (AvgIpc) is 2.41. The van der Waals surface area contributed by atoms with Crippen LogP contribution in [0.2, 0.25) is 0 Å². The van der Waals surface area contributed by atoms with Gasteiger partial charge < -0.3 is 14.7 Å². The van der Waals surface area contributed by atoms with Crippen LogP contribution in [0.4, 0.5) is 0 Å². The Kier molecular flexibility index (Phi) is 6.31. The van der Waals surface area contributed by atoms with Crippen molar-refractivity contribution in [3.8, 4) is 5.75 Å². The molecule has 1 atom stereocenters. The maximum atomic E-state index is 12.5. The molecule has 5 heteroatoms. The summed E-state index contributed by atoms with van der Waals surface area (Å²) in [5.74, 6) is -0.0177. The number of phenols is 1. The highest BCUT2D eigenvalue weighted by molar-refractivity contribution is 9.10. The molecule has 19 heavy (non-hydrogen) atoms. The van der Waals surface area contributed by atoms with Gasteiger partial charge >= 0.3 is 0 Å². The summed E-state index contributed by atoms with van der Waals surface area (Å²) in [6, 6.07) is 4.99. The van der Waals surface area contributed by atoms with E-state index in [0.29, 0.717) is 23.2 Å². The van der Waals surface area contributed by atoms with Gasteiger partial charge in [-0.3, -0.25) is 4.79 Å². The van der Waals surface area contributed by atoms with E-state index in [0.717, 1.165) is 6.42 Å². The van der Waals surface area contributed by atoms with E-state index in [-0.39, 0.29) is 17.7 Å². The molecule has 0 aliphatic carbocycles. The van der Waals surface area contributed by atoms with Crippen molar-refractivity contribution in [3.05, 3.63) is 28.2 Å². The Morgan fingerprint density at radius 3 is 2.74 bits per heavy atom. The third kappa shape index (κ3) is 4.21. The summed E-state index contributed by atoms with van der Waals surface area (Å²) in [5.41, 5.74) is 0.483. The van der Waals surface area contributed by atoms with Crippen LogP contribution in [0.15, 0.2) is 22.7 Å². The fourth-order valence-electron chi connectivity index (χ4n) is 1.74. The van der Waals surface area contributed by atoms with Crippen LogP contribution in [0.1, 0.15) is 30.6 Å². The highest BCUT2D eigenvalue weighted by Crippen LogP contribution is 2.25. The van der Waals surface area contributed by atoms with Gasteiger partial charge in [0, 0.05) is 25.3 Å². The number of hydrogen-bond acceptors (Lipinski definition) is 3. The van der Waals surface area contributed by atoms with Gasteiger partial charge in [-0.15, -0.1) is 0 Å². The van der Waals surface area contributed by atoms with E-state index in [1.807, 2.05) is 13.8 Å². The van der Waals surface area contributed by atoms with Crippen LogP contribution in [0, 0.1) is 0 Å². The Labute approximate surface area is 122 Å². The molecule has 0 saturated carbocycles. The molecule has 1 aromatic carbocycles. The fourth-order valence-corrected chi connectivity index (χ4v) is 1.99. The molecule has 1 N–H and O–H groups in total. The standard InChI is InChI=1S/C14H20BrNO3/c1-4-10(2)16(7-8-19-3)14(18)11-5-6-12(15)13(17)9-11/h5-6,9-10,17H,4,7-8H2,1-3H3. The topological polar surface area (TPSA) is 49.8 Å². The quantitative estimate of drug-likeness (QED) is 0.872. The number of nitrogens with zero attached hydrogens (tertiary/aromatic N) is 1. The van der Waals surface area contributed by atoms with E-state index in [1.165, 1.54) is 6.07 Å². The third-order valence-corrected chi connectivity index (χ3v) is 3.78. The van der Waals surface area contributed by atoms with Crippen molar-refractivity contribution in [1.82, 2.24) is 4.90 Å². The number of hydrogen-bond donors (Lipinski definition) is 1. The minimum Gasteiger partial charge on any atom is -0.507 e. The monoisotopic (exact) mass is 329 g/mol. The molecule has 1 aromatic rings. The fraction of sp³-hybridized carbons (Fsp3) is 0.500. The van der Waals surface area contributed by atoms with Crippen molar-refractivity contribution in [2.24, 2.45) is 0 Å². The van der Waals surface area contributed by atoms with E-state index in [9.17, 15) is 9.90 Å². The minimum atomic E-state index is -0.0887. The lowest BCUT2D eigenvalue weighted by Gasteiger charge is -2.28. The number of rotatable bonds is 6. The van der Waals surface area contributed by atoms with Crippen molar-refractivity contribution in [2.45, 2.75) is 26.3 Å². The highest BCUT2D eigenvalue weighted by atomic mass is 79.9. The Morgan fingerprint density at radius 2 is 2.21 bits per heavy atom. The van der Waals surface area contributed by atoms with E-state index >= 15 is 0 Å². The van der Waals surface area contributed by atoms with Crippen molar-refractivity contribution in [1.29, 1.82) is 0 Å². The Bertz CT molecular complexity index is 437. The zero-order valence-corrected chi connectivity index (χ0v) is 13.1. The first-order chi connectivity index (χ1) is 9.01. The predicted octanol–water partition coefficient (Wildman–Crippen LogP) is 3.04. The maximum absolute atomic E-state index is 12.5.